The van der Waals surface area contributed by atoms with E-state index < -0.39 is 11.9 Å². The number of amides is 1. The van der Waals surface area contributed by atoms with Gasteiger partial charge >= 0.3 is 11.9 Å². The monoisotopic (exact) mass is 419 g/mol. The van der Waals surface area contributed by atoms with E-state index in [0.29, 0.717) is 18.1 Å². The molecule has 0 aliphatic rings. The molecule has 1 aromatic carbocycles. The van der Waals surface area contributed by atoms with Crippen molar-refractivity contribution in [3.05, 3.63) is 35.9 Å². The summed E-state index contributed by atoms with van der Waals surface area (Å²) < 4.78 is 0. The van der Waals surface area contributed by atoms with Crippen molar-refractivity contribution in [2.45, 2.75) is 97.8 Å². The topological polar surface area (TPSA) is 55.8 Å². The van der Waals surface area contributed by atoms with E-state index in [4.69, 9.17) is 9.68 Å². The molecular weight excluding hydrogens is 378 g/mol. The molecule has 0 N–H and O–H groups in total. The molecule has 5 heteroatoms. The molecule has 0 aliphatic carbocycles. The third-order valence-electron chi connectivity index (χ3n) is 5.30. The average molecular weight is 420 g/mol. The minimum Gasteiger partial charge on any atom is -0.312 e. The summed E-state index contributed by atoms with van der Waals surface area (Å²) in [4.78, 5) is 34.5. The van der Waals surface area contributed by atoms with Crippen LogP contribution in [0.5, 0.6) is 0 Å². The molecule has 1 atom stereocenters. The zero-order valence-electron chi connectivity index (χ0n) is 19.2. The fourth-order valence-electron chi connectivity index (χ4n) is 3.64. The Morgan fingerprint density at radius 1 is 0.833 bits per heavy atom. The number of hydrogen-bond donors (Lipinski definition) is 0. The van der Waals surface area contributed by atoms with Crippen LogP contribution in [-0.2, 0) is 14.5 Å². The third-order valence-corrected chi connectivity index (χ3v) is 5.30. The highest BCUT2D eigenvalue weighted by molar-refractivity contribution is 5.93. The van der Waals surface area contributed by atoms with Crippen LogP contribution in [0.2, 0.25) is 0 Å². The first-order valence-corrected chi connectivity index (χ1v) is 11.8. The van der Waals surface area contributed by atoms with Crippen molar-refractivity contribution in [2.75, 3.05) is 6.61 Å². The Labute approximate surface area is 183 Å². The van der Waals surface area contributed by atoms with Gasteiger partial charge in [-0.05, 0) is 29.7 Å². The van der Waals surface area contributed by atoms with E-state index in [1.807, 2.05) is 6.07 Å². The molecule has 1 aromatic rings. The molecular formula is C25H41NO4. The van der Waals surface area contributed by atoms with Crippen molar-refractivity contribution in [3.63, 3.8) is 0 Å². The van der Waals surface area contributed by atoms with E-state index >= 15 is 0 Å². The lowest BCUT2D eigenvalue weighted by atomic mass is 9.93. The van der Waals surface area contributed by atoms with Crippen molar-refractivity contribution < 1.29 is 19.3 Å². The van der Waals surface area contributed by atoms with Crippen LogP contribution in [-0.4, -0.2) is 23.7 Å². The summed E-state index contributed by atoms with van der Waals surface area (Å²) in [6.45, 7) is 6.07. The van der Waals surface area contributed by atoms with Crippen LogP contribution in [0.4, 0.5) is 0 Å². The highest BCUT2D eigenvalue weighted by atomic mass is 17.0. The van der Waals surface area contributed by atoms with Crippen LogP contribution in [0, 0.1) is 5.92 Å². The second-order valence-corrected chi connectivity index (χ2v) is 8.05. The van der Waals surface area contributed by atoms with Gasteiger partial charge in [0, 0.05) is 12.5 Å². The van der Waals surface area contributed by atoms with E-state index in [1.54, 1.807) is 24.3 Å². The quantitative estimate of drug-likeness (QED) is 0.216. The molecule has 0 fully saturated rings. The predicted molar refractivity (Wildman–Crippen MR) is 121 cm³/mol. The lowest BCUT2D eigenvalue weighted by Gasteiger charge is -2.21. The van der Waals surface area contributed by atoms with Crippen LogP contribution < -0.4 is 0 Å². The predicted octanol–water partition coefficient (Wildman–Crippen LogP) is 6.88. The summed E-state index contributed by atoms with van der Waals surface area (Å²) in [5.41, 5.74) is 0.419. The van der Waals surface area contributed by atoms with Crippen molar-refractivity contribution in [1.82, 2.24) is 5.23 Å². The van der Waals surface area contributed by atoms with Crippen LogP contribution in [0.1, 0.15) is 108 Å². The standard InChI is InChI=1S/C25H41NO4/c1-4-6-7-8-9-10-11-13-17-23(16-5-2)20-21-29-26(30-22(3)27)25(28)24-18-14-12-15-19-24/h12,14-15,18-19,23H,4-11,13,16-17,20-21H2,1-3H3. The van der Waals surface area contributed by atoms with Crippen LogP contribution in [0.3, 0.4) is 0 Å². The largest absolute Gasteiger partial charge is 0.332 e. The number of carbonyl (C=O) groups excluding carboxylic acids is 2. The molecule has 30 heavy (non-hydrogen) atoms. The molecule has 0 saturated heterocycles. The number of rotatable bonds is 16. The van der Waals surface area contributed by atoms with Gasteiger partial charge in [0.2, 0.25) is 0 Å². The lowest BCUT2D eigenvalue weighted by molar-refractivity contribution is -0.307. The molecule has 0 saturated carbocycles. The van der Waals surface area contributed by atoms with Crippen LogP contribution in [0.25, 0.3) is 0 Å². The second kappa shape index (κ2) is 16.9. The van der Waals surface area contributed by atoms with Crippen LogP contribution in [0.15, 0.2) is 30.3 Å². The maximum absolute atomic E-state index is 12.5. The van der Waals surface area contributed by atoms with Gasteiger partial charge in [-0.3, -0.25) is 4.79 Å². The summed E-state index contributed by atoms with van der Waals surface area (Å²) in [6, 6.07) is 8.70. The molecule has 1 rings (SSSR count). The van der Waals surface area contributed by atoms with E-state index in [0.717, 1.165) is 24.5 Å². The molecule has 0 heterocycles. The molecule has 1 unspecified atom stereocenters. The fourth-order valence-corrected chi connectivity index (χ4v) is 3.64. The Balaban J connectivity index is 2.37. The van der Waals surface area contributed by atoms with Gasteiger partial charge in [0.1, 0.15) is 0 Å². The van der Waals surface area contributed by atoms with E-state index in [-0.39, 0.29) is 0 Å². The van der Waals surface area contributed by atoms with Gasteiger partial charge in [-0.25, -0.2) is 9.63 Å². The Bertz CT molecular complexity index is 576. The molecule has 0 aromatic heterocycles. The molecule has 0 radical (unpaired) electrons. The zero-order chi connectivity index (χ0) is 22.0. The van der Waals surface area contributed by atoms with Gasteiger partial charge in [0.05, 0.1) is 6.61 Å². The molecule has 0 spiro atoms. The number of hydrogen-bond acceptors (Lipinski definition) is 4. The molecule has 1 amide bonds. The maximum Gasteiger partial charge on any atom is 0.332 e. The number of unbranched alkanes of at least 4 members (excludes halogenated alkanes) is 7. The summed E-state index contributed by atoms with van der Waals surface area (Å²) in [5.74, 6) is -0.481. The number of nitrogens with zero attached hydrogens (tertiary/aromatic N) is 1. The number of carbonyl (C=O) groups is 2. The summed E-state index contributed by atoms with van der Waals surface area (Å²) in [5, 5.41) is 0.733. The maximum atomic E-state index is 12.5. The smallest absolute Gasteiger partial charge is 0.312 e. The van der Waals surface area contributed by atoms with Crippen molar-refractivity contribution in [2.24, 2.45) is 5.92 Å². The van der Waals surface area contributed by atoms with Gasteiger partial charge in [-0.2, -0.15) is 0 Å². The van der Waals surface area contributed by atoms with E-state index in [1.165, 1.54) is 64.7 Å². The first-order chi connectivity index (χ1) is 14.6. The lowest BCUT2D eigenvalue weighted by Crippen LogP contribution is -2.33. The van der Waals surface area contributed by atoms with Gasteiger partial charge in [-0.1, -0.05) is 103 Å². The highest BCUT2D eigenvalue weighted by Gasteiger charge is 2.21. The molecule has 170 valence electrons. The highest BCUT2D eigenvalue weighted by Crippen LogP contribution is 2.21. The van der Waals surface area contributed by atoms with Gasteiger partial charge < -0.3 is 4.84 Å². The van der Waals surface area contributed by atoms with Gasteiger partial charge in [-0.15, -0.1) is 0 Å². The Hall–Kier alpha value is -1.88. The average Bonchev–Trinajstić information content (AvgIpc) is 2.74. The first kappa shape index (κ1) is 26.2. The van der Waals surface area contributed by atoms with E-state index in [2.05, 4.69) is 13.8 Å². The summed E-state index contributed by atoms with van der Waals surface area (Å²) in [7, 11) is 0. The Morgan fingerprint density at radius 3 is 2.07 bits per heavy atom. The minimum atomic E-state index is -0.580. The fraction of sp³-hybridized carbons (Fsp3) is 0.680. The second-order valence-electron chi connectivity index (χ2n) is 8.05. The Kier molecular flexibility index (Phi) is 14.7. The van der Waals surface area contributed by atoms with E-state index in [9.17, 15) is 9.59 Å². The molecule has 0 aliphatic heterocycles. The van der Waals surface area contributed by atoms with Gasteiger partial charge in [0.25, 0.3) is 0 Å². The molecule has 5 nitrogen and oxygen atoms in total. The van der Waals surface area contributed by atoms with Crippen molar-refractivity contribution in [3.8, 4) is 0 Å². The van der Waals surface area contributed by atoms with Gasteiger partial charge in [0.15, 0.2) is 0 Å². The minimum absolute atomic E-state index is 0.355. The summed E-state index contributed by atoms with van der Waals surface area (Å²) >= 11 is 0. The third kappa shape index (κ3) is 12.0. The Morgan fingerprint density at radius 2 is 1.47 bits per heavy atom. The van der Waals surface area contributed by atoms with Crippen molar-refractivity contribution in [1.29, 1.82) is 0 Å². The van der Waals surface area contributed by atoms with Crippen molar-refractivity contribution >= 4 is 11.9 Å². The first-order valence-electron chi connectivity index (χ1n) is 11.8. The number of benzene rings is 1. The number of hydroxylamine groups is 2. The van der Waals surface area contributed by atoms with Crippen LogP contribution >= 0.6 is 0 Å². The zero-order valence-corrected chi connectivity index (χ0v) is 19.2. The summed E-state index contributed by atoms with van der Waals surface area (Å²) in [6.07, 6.45) is 14.9. The molecule has 0 bridgehead atoms. The normalized spacial score (nSPS) is 11.8. The SMILES string of the molecule is CCCCCCCCCCC(CCC)CCON(OC(C)=O)C(=O)c1ccccc1.